The molecular formula is C14H11ClIN3S2. The molecule has 0 saturated carbocycles. The number of fused-ring (bicyclic) bond motifs is 2. The lowest BCUT2D eigenvalue weighted by atomic mass is 9.94. The summed E-state index contributed by atoms with van der Waals surface area (Å²) in [5, 5.41) is 4.34. The topological polar surface area (TPSA) is 37.8 Å². The van der Waals surface area contributed by atoms with Crippen LogP contribution in [0, 0.1) is 2.88 Å². The number of halogens is 2. The maximum atomic E-state index is 6.39. The van der Waals surface area contributed by atoms with Gasteiger partial charge in [0.25, 0.3) is 0 Å². The number of thiophene rings is 1. The van der Waals surface area contributed by atoms with E-state index in [1.54, 1.807) is 0 Å². The first-order chi connectivity index (χ1) is 10.2. The number of anilines is 1. The van der Waals surface area contributed by atoms with E-state index in [0.29, 0.717) is 11.1 Å². The molecule has 3 aromatic rings. The molecule has 1 aromatic carbocycles. The SMILES string of the molecule is Clc1ccc2nsnc2c1NC1CCCc2sc(I)cc21. The average molecular weight is 448 g/mol. The zero-order chi connectivity index (χ0) is 14.4. The first-order valence-electron chi connectivity index (χ1n) is 6.68. The molecule has 3 nitrogen and oxygen atoms in total. The van der Waals surface area contributed by atoms with Gasteiger partial charge in [-0.3, -0.25) is 0 Å². The van der Waals surface area contributed by atoms with Crippen molar-refractivity contribution in [2.24, 2.45) is 0 Å². The molecule has 1 aliphatic rings. The number of benzene rings is 1. The highest BCUT2D eigenvalue weighted by atomic mass is 127. The predicted octanol–water partition coefficient (Wildman–Crippen LogP) is 5.50. The Morgan fingerprint density at radius 3 is 3.14 bits per heavy atom. The summed E-state index contributed by atoms with van der Waals surface area (Å²) in [5.74, 6) is 0. The minimum Gasteiger partial charge on any atom is -0.375 e. The van der Waals surface area contributed by atoms with E-state index >= 15 is 0 Å². The van der Waals surface area contributed by atoms with E-state index in [1.165, 1.54) is 37.9 Å². The monoisotopic (exact) mass is 447 g/mol. The lowest BCUT2D eigenvalue weighted by molar-refractivity contribution is 0.609. The van der Waals surface area contributed by atoms with E-state index in [4.69, 9.17) is 11.6 Å². The minimum atomic E-state index is 0.318. The molecule has 1 atom stereocenters. The van der Waals surface area contributed by atoms with Gasteiger partial charge in [-0.25, -0.2) is 0 Å². The summed E-state index contributed by atoms with van der Waals surface area (Å²) in [7, 11) is 0. The van der Waals surface area contributed by atoms with Gasteiger partial charge in [-0.15, -0.1) is 11.3 Å². The second-order valence-electron chi connectivity index (χ2n) is 5.07. The smallest absolute Gasteiger partial charge is 0.129 e. The molecule has 0 fully saturated rings. The largest absolute Gasteiger partial charge is 0.375 e. The molecule has 0 amide bonds. The van der Waals surface area contributed by atoms with Crippen LogP contribution >= 0.6 is 57.3 Å². The van der Waals surface area contributed by atoms with Crippen LogP contribution in [0.1, 0.15) is 29.3 Å². The Morgan fingerprint density at radius 1 is 1.33 bits per heavy atom. The zero-order valence-corrected chi connectivity index (χ0v) is 15.4. The van der Waals surface area contributed by atoms with Gasteiger partial charge in [0.15, 0.2) is 0 Å². The number of aromatic nitrogens is 2. The molecule has 2 aromatic heterocycles. The van der Waals surface area contributed by atoms with E-state index in [-0.39, 0.29) is 0 Å². The summed E-state index contributed by atoms with van der Waals surface area (Å²) in [6.07, 6.45) is 3.53. The van der Waals surface area contributed by atoms with Gasteiger partial charge in [0.1, 0.15) is 11.0 Å². The van der Waals surface area contributed by atoms with Gasteiger partial charge < -0.3 is 5.32 Å². The normalized spacial score (nSPS) is 17.9. The van der Waals surface area contributed by atoms with Crippen LogP contribution in [0.4, 0.5) is 5.69 Å². The van der Waals surface area contributed by atoms with Crippen LogP contribution in [-0.2, 0) is 6.42 Å². The highest BCUT2D eigenvalue weighted by Crippen LogP contribution is 2.40. The summed E-state index contributed by atoms with van der Waals surface area (Å²) in [6, 6.07) is 6.43. The van der Waals surface area contributed by atoms with Gasteiger partial charge in [-0.2, -0.15) is 8.75 Å². The van der Waals surface area contributed by atoms with E-state index in [1.807, 2.05) is 23.5 Å². The van der Waals surface area contributed by atoms with Crippen LogP contribution in [0.2, 0.25) is 5.02 Å². The minimum absolute atomic E-state index is 0.318. The zero-order valence-electron chi connectivity index (χ0n) is 10.9. The van der Waals surface area contributed by atoms with Gasteiger partial charge in [0.2, 0.25) is 0 Å². The number of rotatable bonds is 2. The third-order valence-electron chi connectivity index (χ3n) is 3.78. The van der Waals surface area contributed by atoms with Crippen molar-refractivity contribution in [2.75, 3.05) is 5.32 Å². The molecule has 1 N–H and O–H groups in total. The third-order valence-corrected chi connectivity index (χ3v) is 6.61. The quantitative estimate of drug-likeness (QED) is 0.527. The van der Waals surface area contributed by atoms with Crippen molar-refractivity contribution in [1.82, 2.24) is 8.75 Å². The lowest BCUT2D eigenvalue weighted by Gasteiger charge is -2.25. The maximum absolute atomic E-state index is 6.39. The second kappa shape index (κ2) is 5.64. The van der Waals surface area contributed by atoms with Crippen LogP contribution in [-0.4, -0.2) is 8.75 Å². The lowest BCUT2D eigenvalue weighted by Crippen LogP contribution is -2.16. The van der Waals surface area contributed by atoms with Gasteiger partial charge in [-0.05, 0) is 65.6 Å². The van der Waals surface area contributed by atoms with E-state index < -0.39 is 0 Å². The highest BCUT2D eigenvalue weighted by Gasteiger charge is 2.24. The van der Waals surface area contributed by atoms with Crippen molar-refractivity contribution >= 4 is 74.0 Å². The van der Waals surface area contributed by atoms with Gasteiger partial charge >= 0.3 is 0 Å². The van der Waals surface area contributed by atoms with E-state index in [9.17, 15) is 0 Å². The van der Waals surface area contributed by atoms with Crippen molar-refractivity contribution < 1.29 is 0 Å². The predicted molar refractivity (Wildman–Crippen MR) is 98.8 cm³/mol. The fourth-order valence-corrected chi connectivity index (χ4v) is 5.68. The average Bonchev–Trinajstić information content (AvgIpc) is 3.07. The summed E-state index contributed by atoms with van der Waals surface area (Å²) < 4.78 is 10.0. The fourth-order valence-electron chi connectivity index (χ4n) is 2.81. The first kappa shape index (κ1) is 14.2. The molecule has 0 saturated heterocycles. The third kappa shape index (κ3) is 2.56. The van der Waals surface area contributed by atoms with E-state index in [2.05, 4.69) is 42.7 Å². The van der Waals surface area contributed by atoms with Crippen LogP contribution < -0.4 is 5.32 Å². The van der Waals surface area contributed by atoms with Crippen LogP contribution in [0.25, 0.3) is 11.0 Å². The van der Waals surface area contributed by atoms with Crippen LogP contribution in [0.15, 0.2) is 18.2 Å². The van der Waals surface area contributed by atoms with Crippen molar-refractivity contribution in [3.8, 4) is 0 Å². The number of hydrogen-bond acceptors (Lipinski definition) is 5. The Morgan fingerprint density at radius 2 is 2.24 bits per heavy atom. The molecule has 4 rings (SSSR count). The molecule has 0 aliphatic heterocycles. The standard InChI is InChI=1S/C14H11ClIN3S2/c15-8-4-5-10-14(19-21-18-10)13(8)17-9-2-1-3-11-7(9)6-12(16)20-11/h4-6,9,17H,1-3H2. The highest BCUT2D eigenvalue weighted by molar-refractivity contribution is 14.1. The Bertz CT molecular complexity index is 814. The first-order valence-corrected chi connectivity index (χ1v) is 9.68. The summed E-state index contributed by atoms with van der Waals surface area (Å²) in [4.78, 5) is 1.50. The number of nitrogens with zero attached hydrogens (tertiary/aromatic N) is 2. The van der Waals surface area contributed by atoms with Gasteiger partial charge in [0, 0.05) is 4.88 Å². The molecule has 2 heterocycles. The molecule has 7 heteroatoms. The van der Waals surface area contributed by atoms with Crippen molar-refractivity contribution in [1.29, 1.82) is 0 Å². The second-order valence-corrected chi connectivity index (χ2v) is 9.04. The molecule has 1 unspecified atom stereocenters. The molecule has 0 radical (unpaired) electrons. The fraction of sp³-hybridized carbons (Fsp3) is 0.286. The molecule has 1 aliphatic carbocycles. The summed E-state index contributed by atoms with van der Waals surface area (Å²) >= 11 is 11.9. The Labute approximate surface area is 149 Å². The Hall–Kier alpha value is -0.440. The molecule has 0 bridgehead atoms. The Kier molecular flexibility index (Phi) is 3.81. The Balaban J connectivity index is 1.75. The number of aryl methyl sites for hydroxylation is 1. The summed E-state index contributed by atoms with van der Waals surface area (Å²) in [5.41, 5.74) is 4.13. The maximum Gasteiger partial charge on any atom is 0.129 e. The van der Waals surface area contributed by atoms with E-state index in [0.717, 1.165) is 23.1 Å². The van der Waals surface area contributed by atoms with Gasteiger partial charge in [-0.1, -0.05) is 11.6 Å². The van der Waals surface area contributed by atoms with Gasteiger partial charge in [0.05, 0.1) is 31.4 Å². The summed E-state index contributed by atoms with van der Waals surface area (Å²) in [6.45, 7) is 0. The molecule has 0 spiro atoms. The van der Waals surface area contributed by atoms with Crippen molar-refractivity contribution in [3.63, 3.8) is 0 Å². The number of nitrogens with one attached hydrogen (secondary N) is 1. The van der Waals surface area contributed by atoms with Crippen LogP contribution in [0.5, 0.6) is 0 Å². The van der Waals surface area contributed by atoms with Crippen molar-refractivity contribution in [3.05, 3.63) is 36.5 Å². The molecule has 108 valence electrons. The number of hydrogen-bond donors (Lipinski definition) is 1. The molecule has 21 heavy (non-hydrogen) atoms. The van der Waals surface area contributed by atoms with Crippen LogP contribution in [0.3, 0.4) is 0 Å². The molecular weight excluding hydrogens is 437 g/mol. The van der Waals surface area contributed by atoms with Crippen molar-refractivity contribution in [2.45, 2.75) is 25.3 Å².